The smallest absolute Gasteiger partial charge is 0.0965 e. The second kappa shape index (κ2) is 6.68. The molecule has 1 saturated heterocycles. The number of hydrogen-bond donors (Lipinski definition) is 1. The number of likely N-dealkylation sites (N-methyl/N-ethyl adjacent to an activating group) is 1. The molecule has 4 heteroatoms. The molecular formula is C13H18INO2. The van der Waals surface area contributed by atoms with E-state index in [1.165, 1.54) is 9.13 Å². The maximum atomic E-state index is 5.74. The molecule has 1 fully saturated rings. The van der Waals surface area contributed by atoms with Crippen LogP contribution in [-0.4, -0.2) is 39.0 Å². The van der Waals surface area contributed by atoms with Crippen LogP contribution in [0.1, 0.15) is 5.56 Å². The van der Waals surface area contributed by atoms with Gasteiger partial charge in [0.15, 0.2) is 0 Å². The van der Waals surface area contributed by atoms with E-state index >= 15 is 0 Å². The van der Waals surface area contributed by atoms with Crippen LogP contribution in [0, 0.1) is 3.57 Å². The van der Waals surface area contributed by atoms with Crippen molar-refractivity contribution in [2.45, 2.75) is 18.6 Å². The molecule has 1 aromatic carbocycles. The molecule has 0 aliphatic carbocycles. The maximum absolute atomic E-state index is 5.74. The van der Waals surface area contributed by atoms with Crippen molar-refractivity contribution < 1.29 is 9.47 Å². The van der Waals surface area contributed by atoms with Gasteiger partial charge in [0.25, 0.3) is 0 Å². The number of rotatable bonds is 4. The highest BCUT2D eigenvalue weighted by Gasteiger charge is 2.23. The quantitative estimate of drug-likeness (QED) is 0.844. The summed E-state index contributed by atoms with van der Waals surface area (Å²) in [5, 5.41) is 3.33. The van der Waals surface area contributed by atoms with Crippen LogP contribution in [-0.2, 0) is 15.9 Å². The average Bonchev–Trinajstić information content (AvgIpc) is 2.39. The van der Waals surface area contributed by atoms with E-state index in [2.05, 4.69) is 52.2 Å². The number of hydrogen-bond acceptors (Lipinski definition) is 3. The highest BCUT2D eigenvalue weighted by molar-refractivity contribution is 14.1. The summed E-state index contributed by atoms with van der Waals surface area (Å²) < 4.78 is 12.5. The van der Waals surface area contributed by atoms with Crippen molar-refractivity contribution in [2.24, 2.45) is 0 Å². The van der Waals surface area contributed by atoms with Crippen molar-refractivity contribution >= 4 is 22.6 Å². The van der Waals surface area contributed by atoms with Crippen LogP contribution in [0.5, 0.6) is 0 Å². The molecular weight excluding hydrogens is 329 g/mol. The van der Waals surface area contributed by atoms with Gasteiger partial charge in [-0.2, -0.15) is 0 Å². The van der Waals surface area contributed by atoms with Gasteiger partial charge < -0.3 is 14.8 Å². The molecule has 0 radical (unpaired) electrons. The van der Waals surface area contributed by atoms with Gasteiger partial charge in [0.2, 0.25) is 0 Å². The number of ether oxygens (including phenoxy) is 2. The lowest BCUT2D eigenvalue weighted by Gasteiger charge is -2.30. The molecule has 0 amide bonds. The molecule has 1 N–H and O–H groups in total. The van der Waals surface area contributed by atoms with Crippen molar-refractivity contribution in [2.75, 3.05) is 26.9 Å². The molecule has 3 nitrogen and oxygen atoms in total. The van der Waals surface area contributed by atoms with Crippen LogP contribution in [0.4, 0.5) is 0 Å². The lowest BCUT2D eigenvalue weighted by atomic mass is 10.0. The minimum atomic E-state index is 0.160. The number of halogens is 1. The van der Waals surface area contributed by atoms with Crippen molar-refractivity contribution in [3.05, 3.63) is 33.4 Å². The average molecular weight is 347 g/mol. The van der Waals surface area contributed by atoms with Crippen LogP contribution in [0.25, 0.3) is 0 Å². The molecule has 1 aliphatic heterocycles. The maximum Gasteiger partial charge on any atom is 0.0965 e. The molecule has 0 bridgehead atoms. The first kappa shape index (κ1) is 13.3. The summed E-state index contributed by atoms with van der Waals surface area (Å²) in [6, 6.07) is 8.95. The zero-order valence-electron chi connectivity index (χ0n) is 9.99. The van der Waals surface area contributed by atoms with E-state index in [-0.39, 0.29) is 6.10 Å². The highest BCUT2D eigenvalue weighted by Crippen LogP contribution is 2.13. The summed E-state index contributed by atoms with van der Waals surface area (Å²) >= 11 is 2.32. The normalized spacial score (nSPS) is 22.4. The molecule has 0 spiro atoms. The zero-order valence-corrected chi connectivity index (χ0v) is 12.1. The summed E-state index contributed by atoms with van der Waals surface area (Å²) in [6.45, 7) is 2.11. The Balaban J connectivity index is 1.96. The molecule has 17 heavy (non-hydrogen) atoms. The minimum absolute atomic E-state index is 0.160. The topological polar surface area (TPSA) is 30.5 Å². The molecule has 2 rings (SSSR count). The summed E-state index contributed by atoms with van der Waals surface area (Å²) in [4.78, 5) is 0. The van der Waals surface area contributed by atoms with E-state index in [4.69, 9.17) is 9.47 Å². The third-order valence-corrected chi connectivity index (χ3v) is 3.75. The summed E-state index contributed by atoms with van der Waals surface area (Å²) in [7, 11) is 1.98. The van der Waals surface area contributed by atoms with Crippen LogP contribution < -0.4 is 5.32 Å². The molecule has 1 aromatic rings. The van der Waals surface area contributed by atoms with Crippen molar-refractivity contribution in [3.8, 4) is 0 Å². The Morgan fingerprint density at radius 3 is 2.71 bits per heavy atom. The Hall–Kier alpha value is -0.170. The van der Waals surface area contributed by atoms with Gasteiger partial charge in [-0.1, -0.05) is 12.1 Å². The van der Waals surface area contributed by atoms with Gasteiger partial charge in [0.05, 0.1) is 25.9 Å². The first-order valence-corrected chi connectivity index (χ1v) is 6.98. The number of nitrogens with one attached hydrogen (secondary N) is 1. The molecule has 1 aliphatic rings. The first-order valence-electron chi connectivity index (χ1n) is 5.90. The fourth-order valence-corrected chi connectivity index (χ4v) is 2.39. The van der Waals surface area contributed by atoms with E-state index in [9.17, 15) is 0 Å². The van der Waals surface area contributed by atoms with E-state index in [0.717, 1.165) is 13.0 Å². The van der Waals surface area contributed by atoms with Crippen molar-refractivity contribution in [1.82, 2.24) is 5.32 Å². The van der Waals surface area contributed by atoms with Crippen LogP contribution >= 0.6 is 22.6 Å². The first-order chi connectivity index (χ1) is 8.29. The molecule has 0 aromatic heterocycles. The zero-order chi connectivity index (χ0) is 12.1. The minimum Gasteiger partial charge on any atom is -0.376 e. The van der Waals surface area contributed by atoms with E-state index in [0.29, 0.717) is 19.3 Å². The Labute approximate surface area is 116 Å². The van der Waals surface area contributed by atoms with Gasteiger partial charge in [-0.3, -0.25) is 0 Å². The molecule has 0 saturated carbocycles. The van der Waals surface area contributed by atoms with E-state index in [1.807, 2.05) is 7.05 Å². The van der Waals surface area contributed by atoms with Crippen molar-refractivity contribution in [1.29, 1.82) is 0 Å². The Bertz CT molecular complexity index is 336. The molecule has 94 valence electrons. The van der Waals surface area contributed by atoms with Gasteiger partial charge >= 0.3 is 0 Å². The molecule has 2 atom stereocenters. The fourth-order valence-electron chi connectivity index (χ4n) is 2.03. The highest BCUT2D eigenvalue weighted by atomic mass is 127. The standard InChI is InChI=1S/C13H18INO2/c1-15-12(13-9-16-6-7-17-13)8-10-2-4-11(14)5-3-10/h2-5,12-13,15H,6-9H2,1H3. The Kier molecular flexibility index (Phi) is 5.21. The Morgan fingerprint density at radius 2 is 2.12 bits per heavy atom. The van der Waals surface area contributed by atoms with Gasteiger partial charge in [-0.25, -0.2) is 0 Å². The predicted octanol–water partition coefficient (Wildman–Crippen LogP) is 1.84. The SMILES string of the molecule is CNC(Cc1ccc(I)cc1)C1COCCO1. The van der Waals surface area contributed by atoms with Crippen LogP contribution in [0.3, 0.4) is 0 Å². The molecule has 2 unspecified atom stereocenters. The molecule has 1 heterocycles. The lowest BCUT2D eigenvalue weighted by molar-refractivity contribution is -0.100. The number of benzene rings is 1. The fraction of sp³-hybridized carbons (Fsp3) is 0.538. The predicted molar refractivity (Wildman–Crippen MR) is 76.3 cm³/mol. The lowest BCUT2D eigenvalue weighted by Crippen LogP contribution is -2.46. The third-order valence-electron chi connectivity index (χ3n) is 3.03. The van der Waals surface area contributed by atoms with Gasteiger partial charge in [0.1, 0.15) is 0 Å². The van der Waals surface area contributed by atoms with Gasteiger partial charge in [0, 0.05) is 9.61 Å². The van der Waals surface area contributed by atoms with Gasteiger partial charge in [-0.05, 0) is 53.8 Å². The summed E-state index contributed by atoms with van der Waals surface area (Å²) in [5.74, 6) is 0. The third kappa shape index (κ3) is 3.91. The second-order valence-corrected chi connectivity index (χ2v) is 5.46. The van der Waals surface area contributed by atoms with Crippen LogP contribution in [0.2, 0.25) is 0 Å². The van der Waals surface area contributed by atoms with E-state index in [1.54, 1.807) is 0 Å². The summed E-state index contributed by atoms with van der Waals surface area (Å²) in [6.07, 6.45) is 1.13. The van der Waals surface area contributed by atoms with Crippen molar-refractivity contribution in [3.63, 3.8) is 0 Å². The Morgan fingerprint density at radius 1 is 1.35 bits per heavy atom. The largest absolute Gasteiger partial charge is 0.376 e. The van der Waals surface area contributed by atoms with Gasteiger partial charge in [-0.15, -0.1) is 0 Å². The summed E-state index contributed by atoms with van der Waals surface area (Å²) in [5.41, 5.74) is 1.33. The van der Waals surface area contributed by atoms with Crippen LogP contribution in [0.15, 0.2) is 24.3 Å². The second-order valence-electron chi connectivity index (χ2n) is 4.21. The van der Waals surface area contributed by atoms with E-state index < -0.39 is 0 Å². The monoisotopic (exact) mass is 347 g/mol.